The molecule has 31 heavy (non-hydrogen) atoms. The van der Waals surface area contributed by atoms with Gasteiger partial charge in [-0.25, -0.2) is 0 Å². The summed E-state index contributed by atoms with van der Waals surface area (Å²) in [6.07, 6.45) is -4.06. The van der Waals surface area contributed by atoms with E-state index in [1.165, 1.54) is 20.8 Å². The van der Waals surface area contributed by atoms with Crippen LogP contribution in [0.15, 0.2) is 30.3 Å². The summed E-state index contributed by atoms with van der Waals surface area (Å²) in [5.41, 5.74) is 7.22. The van der Waals surface area contributed by atoms with E-state index in [9.17, 15) is 14.4 Å². The van der Waals surface area contributed by atoms with E-state index in [1.807, 2.05) is 30.3 Å². The minimum absolute atomic E-state index is 0.149. The number of carbonyl (C=O) groups excluding carboxylic acids is 3. The number of ether oxygens (including phenoxy) is 6. The fraction of sp³-hybridized carbons (Fsp3) is 0.571. The Bertz CT molecular complexity index is 727. The maximum Gasteiger partial charge on any atom is 0.303 e. The van der Waals surface area contributed by atoms with Gasteiger partial charge in [0.2, 0.25) is 0 Å². The van der Waals surface area contributed by atoms with Crippen molar-refractivity contribution >= 4 is 17.9 Å². The van der Waals surface area contributed by atoms with E-state index in [4.69, 9.17) is 34.2 Å². The number of nitrogens with two attached hydrogens (primary N) is 1. The normalized spacial score (nSPS) is 25.5. The molecule has 2 rings (SSSR count). The highest BCUT2D eigenvalue weighted by molar-refractivity contribution is 5.67. The molecule has 1 aliphatic rings. The topological polar surface area (TPSA) is 133 Å². The molecule has 5 unspecified atom stereocenters. The molecule has 0 aromatic heterocycles. The summed E-state index contributed by atoms with van der Waals surface area (Å²) in [6.45, 7) is 4.24. The summed E-state index contributed by atoms with van der Waals surface area (Å²) in [5, 5.41) is 0. The van der Waals surface area contributed by atoms with E-state index in [0.29, 0.717) is 6.61 Å². The van der Waals surface area contributed by atoms with E-state index >= 15 is 0 Å². The van der Waals surface area contributed by atoms with Gasteiger partial charge in [0.15, 0.2) is 18.5 Å². The molecule has 172 valence electrons. The van der Waals surface area contributed by atoms with Gasteiger partial charge >= 0.3 is 17.9 Å². The first-order valence-corrected chi connectivity index (χ1v) is 9.90. The second kappa shape index (κ2) is 12.4. The summed E-state index contributed by atoms with van der Waals surface area (Å²) < 4.78 is 32.6. The highest BCUT2D eigenvalue weighted by Gasteiger charge is 2.49. The van der Waals surface area contributed by atoms with Crippen molar-refractivity contribution in [2.45, 2.75) is 58.0 Å². The maximum atomic E-state index is 11.6. The summed E-state index contributed by atoms with van der Waals surface area (Å²) in [4.78, 5) is 34.4. The minimum Gasteiger partial charge on any atom is -0.463 e. The number of hydrogen-bond donors (Lipinski definition) is 1. The Morgan fingerprint density at radius 2 is 1.58 bits per heavy atom. The van der Waals surface area contributed by atoms with Crippen LogP contribution < -0.4 is 5.73 Å². The van der Waals surface area contributed by atoms with Crippen molar-refractivity contribution in [2.75, 3.05) is 19.8 Å². The van der Waals surface area contributed by atoms with Crippen molar-refractivity contribution in [1.82, 2.24) is 0 Å². The zero-order chi connectivity index (χ0) is 22.8. The van der Waals surface area contributed by atoms with Crippen LogP contribution in [0.3, 0.4) is 0 Å². The van der Waals surface area contributed by atoms with Crippen LogP contribution in [0, 0.1) is 0 Å². The Hall–Kier alpha value is -2.53. The molecule has 1 heterocycles. The van der Waals surface area contributed by atoms with E-state index in [1.54, 1.807) is 0 Å². The summed E-state index contributed by atoms with van der Waals surface area (Å²) in [7, 11) is 0. The summed E-state index contributed by atoms with van der Waals surface area (Å²) in [6, 6.07) is 8.70. The molecular weight excluding hydrogens is 410 g/mol. The molecule has 0 amide bonds. The van der Waals surface area contributed by atoms with E-state index in [0.717, 1.165) is 5.56 Å². The average molecular weight is 439 g/mol. The summed E-state index contributed by atoms with van der Waals surface area (Å²) in [5.74, 6) is -1.79. The molecule has 1 aromatic carbocycles. The lowest BCUT2D eigenvalue weighted by molar-refractivity contribution is -0.275. The lowest BCUT2D eigenvalue weighted by Crippen LogP contribution is -2.64. The van der Waals surface area contributed by atoms with Gasteiger partial charge in [0.25, 0.3) is 0 Å². The molecule has 1 aromatic rings. The van der Waals surface area contributed by atoms with Crippen molar-refractivity contribution in [3.05, 3.63) is 35.9 Å². The third kappa shape index (κ3) is 8.25. The number of carbonyl (C=O) groups is 3. The van der Waals surface area contributed by atoms with Crippen LogP contribution in [0.2, 0.25) is 0 Å². The van der Waals surface area contributed by atoms with Gasteiger partial charge in [0.05, 0.1) is 25.9 Å². The Kier molecular flexibility index (Phi) is 9.86. The third-order valence-corrected chi connectivity index (χ3v) is 4.37. The average Bonchev–Trinajstić information content (AvgIpc) is 2.71. The largest absolute Gasteiger partial charge is 0.463 e. The van der Waals surface area contributed by atoms with Crippen LogP contribution >= 0.6 is 0 Å². The van der Waals surface area contributed by atoms with Gasteiger partial charge in [-0.3, -0.25) is 14.4 Å². The second-order valence-corrected chi connectivity index (χ2v) is 6.98. The molecule has 2 N–H and O–H groups in total. The van der Waals surface area contributed by atoms with Gasteiger partial charge in [0.1, 0.15) is 12.7 Å². The lowest BCUT2D eigenvalue weighted by atomic mass is 9.97. The highest BCUT2D eigenvalue weighted by atomic mass is 16.7. The predicted molar refractivity (Wildman–Crippen MR) is 106 cm³/mol. The standard InChI is InChI=1S/C21H29NO9/c1-13(23)28-12-17-19(29-14(2)24)20(30-15(3)25)18(22)21(31-17)27-10-9-26-11-16-7-5-4-6-8-16/h4-8,17-21H,9-12,22H2,1-3H3. The number of esters is 3. The van der Waals surface area contributed by atoms with Gasteiger partial charge in [-0.1, -0.05) is 30.3 Å². The first-order valence-electron chi connectivity index (χ1n) is 9.90. The molecule has 1 saturated heterocycles. The fourth-order valence-electron chi connectivity index (χ4n) is 3.07. The number of benzene rings is 1. The van der Waals surface area contributed by atoms with Gasteiger partial charge in [-0.15, -0.1) is 0 Å². The zero-order valence-electron chi connectivity index (χ0n) is 17.9. The van der Waals surface area contributed by atoms with Gasteiger partial charge in [0, 0.05) is 20.8 Å². The summed E-state index contributed by atoms with van der Waals surface area (Å²) >= 11 is 0. The molecule has 0 bridgehead atoms. The third-order valence-electron chi connectivity index (χ3n) is 4.37. The molecule has 0 aliphatic carbocycles. The molecule has 0 saturated carbocycles. The van der Waals surface area contributed by atoms with E-state index < -0.39 is 48.6 Å². The fourth-order valence-corrected chi connectivity index (χ4v) is 3.07. The van der Waals surface area contributed by atoms with Crippen LogP contribution in [0.1, 0.15) is 26.3 Å². The molecule has 10 heteroatoms. The Labute approximate surface area is 180 Å². The maximum absolute atomic E-state index is 11.6. The predicted octanol–water partition coefficient (Wildman–Crippen LogP) is 0.699. The second-order valence-electron chi connectivity index (χ2n) is 6.98. The molecule has 0 spiro atoms. The van der Waals surface area contributed by atoms with Crippen molar-refractivity contribution in [1.29, 1.82) is 0 Å². The lowest BCUT2D eigenvalue weighted by Gasteiger charge is -2.43. The van der Waals surface area contributed by atoms with Crippen LogP contribution in [0.5, 0.6) is 0 Å². The highest BCUT2D eigenvalue weighted by Crippen LogP contribution is 2.26. The van der Waals surface area contributed by atoms with Crippen molar-refractivity contribution in [3.63, 3.8) is 0 Å². The van der Waals surface area contributed by atoms with Crippen molar-refractivity contribution < 1.29 is 42.8 Å². The quantitative estimate of drug-likeness (QED) is 0.315. The van der Waals surface area contributed by atoms with E-state index in [-0.39, 0.29) is 19.8 Å². The Morgan fingerprint density at radius 1 is 0.935 bits per heavy atom. The molecule has 10 nitrogen and oxygen atoms in total. The first-order chi connectivity index (χ1) is 14.8. The molecule has 5 atom stereocenters. The minimum atomic E-state index is -1.06. The van der Waals surface area contributed by atoms with Gasteiger partial charge in [-0.2, -0.15) is 0 Å². The van der Waals surface area contributed by atoms with Gasteiger partial charge < -0.3 is 34.2 Å². The first kappa shape index (κ1) is 24.7. The number of hydrogen-bond acceptors (Lipinski definition) is 10. The Balaban J connectivity index is 1.99. The zero-order valence-corrected chi connectivity index (χ0v) is 17.9. The van der Waals surface area contributed by atoms with Gasteiger partial charge in [-0.05, 0) is 5.56 Å². The van der Waals surface area contributed by atoms with Crippen LogP contribution in [0.25, 0.3) is 0 Å². The van der Waals surface area contributed by atoms with Crippen LogP contribution in [-0.4, -0.2) is 68.4 Å². The monoisotopic (exact) mass is 439 g/mol. The van der Waals surface area contributed by atoms with Crippen molar-refractivity contribution in [2.24, 2.45) is 5.73 Å². The molecule has 1 aliphatic heterocycles. The van der Waals surface area contributed by atoms with Crippen LogP contribution in [-0.2, 0) is 49.4 Å². The molecule has 0 radical (unpaired) electrons. The molecular formula is C21H29NO9. The Morgan fingerprint density at radius 3 is 2.19 bits per heavy atom. The van der Waals surface area contributed by atoms with Crippen LogP contribution in [0.4, 0.5) is 0 Å². The SMILES string of the molecule is CC(=O)OCC1OC(OCCOCc2ccccc2)C(N)C(OC(C)=O)C1OC(C)=O. The molecule has 1 fully saturated rings. The van der Waals surface area contributed by atoms with Crippen molar-refractivity contribution in [3.8, 4) is 0 Å². The smallest absolute Gasteiger partial charge is 0.303 e. The van der Waals surface area contributed by atoms with E-state index in [2.05, 4.69) is 0 Å². The number of rotatable bonds is 10.